The number of aromatic nitrogens is 2. The Balaban J connectivity index is 2.08. The highest BCUT2D eigenvalue weighted by Crippen LogP contribution is 2.15. The van der Waals surface area contributed by atoms with Crippen molar-refractivity contribution in [2.24, 2.45) is 5.84 Å². The van der Waals surface area contributed by atoms with Gasteiger partial charge in [-0.3, -0.25) is 16.0 Å². The van der Waals surface area contributed by atoms with Crippen LogP contribution in [0.5, 0.6) is 0 Å². The molecule has 1 heterocycles. The number of aryl methyl sites for hydroxylation is 2. The fourth-order valence-electron chi connectivity index (χ4n) is 2.43. The molecule has 2 aromatic rings. The Morgan fingerprint density at radius 2 is 2.15 bits per heavy atom. The van der Waals surface area contributed by atoms with E-state index in [0.717, 1.165) is 29.6 Å². The normalized spacial score (nSPS) is 12.6. The standard InChI is InChI=1S/C15H21BrN4/c1-3-20-15(7-11(2)19-20)10-14(18-17)9-12-5-4-6-13(16)8-12/h4-8,14,18H,3,9-10,17H2,1-2H3. The summed E-state index contributed by atoms with van der Waals surface area (Å²) in [4.78, 5) is 0. The molecule has 1 unspecified atom stereocenters. The fourth-order valence-corrected chi connectivity index (χ4v) is 2.87. The van der Waals surface area contributed by atoms with Gasteiger partial charge in [0.15, 0.2) is 0 Å². The molecular weight excluding hydrogens is 316 g/mol. The van der Waals surface area contributed by atoms with Gasteiger partial charge in [0.05, 0.1) is 5.69 Å². The number of hydrazine groups is 1. The van der Waals surface area contributed by atoms with Gasteiger partial charge in [-0.05, 0) is 44.0 Å². The number of nitrogens with two attached hydrogens (primary N) is 1. The van der Waals surface area contributed by atoms with Crippen molar-refractivity contribution in [1.82, 2.24) is 15.2 Å². The lowest BCUT2D eigenvalue weighted by Crippen LogP contribution is -2.39. The van der Waals surface area contributed by atoms with Crippen LogP contribution in [0.15, 0.2) is 34.8 Å². The van der Waals surface area contributed by atoms with Gasteiger partial charge in [0.1, 0.15) is 0 Å². The number of nitrogens with one attached hydrogen (secondary N) is 1. The zero-order chi connectivity index (χ0) is 14.5. The number of hydrogen-bond acceptors (Lipinski definition) is 3. The lowest BCUT2D eigenvalue weighted by atomic mass is 10.0. The van der Waals surface area contributed by atoms with Crippen LogP contribution in [0.1, 0.15) is 23.9 Å². The number of benzene rings is 1. The van der Waals surface area contributed by atoms with E-state index in [0.29, 0.717) is 0 Å². The minimum absolute atomic E-state index is 0.200. The summed E-state index contributed by atoms with van der Waals surface area (Å²) in [6, 6.07) is 10.7. The zero-order valence-electron chi connectivity index (χ0n) is 11.9. The van der Waals surface area contributed by atoms with Crippen molar-refractivity contribution in [3.63, 3.8) is 0 Å². The van der Waals surface area contributed by atoms with Gasteiger partial charge >= 0.3 is 0 Å². The second-order valence-corrected chi connectivity index (χ2v) is 5.91. The van der Waals surface area contributed by atoms with E-state index >= 15 is 0 Å². The Bertz CT molecular complexity index is 565. The summed E-state index contributed by atoms with van der Waals surface area (Å²) in [5, 5.41) is 4.48. The molecule has 0 aliphatic heterocycles. The second kappa shape index (κ2) is 7.02. The van der Waals surface area contributed by atoms with Crippen LogP contribution >= 0.6 is 15.9 Å². The van der Waals surface area contributed by atoms with Crippen LogP contribution < -0.4 is 11.3 Å². The maximum Gasteiger partial charge on any atom is 0.0596 e. The highest BCUT2D eigenvalue weighted by molar-refractivity contribution is 9.10. The minimum atomic E-state index is 0.200. The van der Waals surface area contributed by atoms with Crippen LogP contribution in [0.25, 0.3) is 0 Å². The predicted molar refractivity (Wildman–Crippen MR) is 85.3 cm³/mol. The molecular formula is C15H21BrN4. The van der Waals surface area contributed by atoms with Gasteiger partial charge in [-0.25, -0.2) is 0 Å². The number of nitrogens with zero attached hydrogens (tertiary/aromatic N) is 2. The van der Waals surface area contributed by atoms with Gasteiger partial charge in [-0.2, -0.15) is 5.10 Å². The van der Waals surface area contributed by atoms with Crippen molar-refractivity contribution in [3.8, 4) is 0 Å². The molecule has 0 radical (unpaired) electrons. The van der Waals surface area contributed by atoms with Crippen molar-refractivity contribution in [3.05, 3.63) is 51.8 Å². The molecule has 0 saturated carbocycles. The smallest absolute Gasteiger partial charge is 0.0596 e. The van der Waals surface area contributed by atoms with E-state index in [1.165, 1.54) is 11.3 Å². The topological polar surface area (TPSA) is 55.9 Å². The third-order valence-electron chi connectivity index (χ3n) is 3.35. The van der Waals surface area contributed by atoms with E-state index < -0.39 is 0 Å². The van der Waals surface area contributed by atoms with Crippen LogP contribution in [0.2, 0.25) is 0 Å². The van der Waals surface area contributed by atoms with Gasteiger partial charge in [-0.15, -0.1) is 0 Å². The first kappa shape index (κ1) is 15.2. The predicted octanol–water partition coefficient (Wildman–Crippen LogP) is 2.59. The molecule has 0 bridgehead atoms. The molecule has 1 aromatic heterocycles. The zero-order valence-corrected chi connectivity index (χ0v) is 13.5. The fraction of sp³-hybridized carbons (Fsp3) is 0.400. The molecule has 1 atom stereocenters. The van der Waals surface area contributed by atoms with Crippen LogP contribution in [0, 0.1) is 6.92 Å². The average Bonchev–Trinajstić information content (AvgIpc) is 2.78. The third kappa shape index (κ3) is 3.91. The van der Waals surface area contributed by atoms with E-state index in [4.69, 9.17) is 5.84 Å². The van der Waals surface area contributed by atoms with E-state index in [-0.39, 0.29) is 6.04 Å². The highest BCUT2D eigenvalue weighted by atomic mass is 79.9. The van der Waals surface area contributed by atoms with Crippen LogP contribution in [-0.2, 0) is 19.4 Å². The molecule has 1 aromatic carbocycles. The number of hydrogen-bond donors (Lipinski definition) is 2. The molecule has 5 heteroatoms. The molecule has 20 heavy (non-hydrogen) atoms. The van der Waals surface area contributed by atoms with Crippen molar-refractivity contribution in [2.75, 3.05) is 0 Å². The Kier molecular flexibility index (Phi) is 5.34. The number of rotatable bonds is 6. The summed E-state index contributed by atoms with van der Waals surface area (Å²) in [5.74, 6) is 5.71. The van der Waals surface area contributed by atoms with Gasteiger partial charge in [0.25, 0.3) is 0 Å². The Morgan fingerprint density at radius 1 is 1.35 bits per heavy atom. The van der Waals surface area contributed by atoms with E-state index in [2.05, 4.69) is 51.6 Å². The maximum absolute atomic E-state index is 5.71. The molecule has 0 aliphatic rings. The van der Waals surface area contributed by atoms with Gasteiger partial charge < -0.3 is 0 Å². The monoisotopic (exact) mass is 336 g/mol. The lowest BCUT2D eigenvalue weighted by Gasteiger charge is -2.16. The molecule has 3 N–H and O–H groups in total. The van der Waals surface area contributed by atoms with Crippen molar-refractivity contribution in [2.45, 2.75) is 39.3 Å². The van der Waals surface area contributed by atoms with Crippen molar-refractivity contribution in [1.29, 1.82) is 0 Å². The van der Waals surface area contributed by atoms with E-state index in [1.807, 2.05) is 23.7 Å². The first-order valence-electron chi connectivity index (χ1n) is 6.86. The molecule has 0 amide bonds. The summed E-state index contributed by atoms with van der Waals surface area (Å²) >= 11 is 3.50. The quantitative estimate of drug-likeness (QED) is 0.629. The Hall–Kier alpha value is -1.17. The molecule has 0 aliphatic carbocycles. The summed E-state index contributed by atoms with van der Waals surface area (Å²) in [6.45, 7) is 5.02. The minimum Gasteiger partial charge on any atom is -0.271 e. The highest BCUT2D eigenvalue weighted by Gasteiger charge is 2.13. The van der Waals surface area contributed by atoms with Crippen LogP contribution in [0.3, 0.4) is 0 Å². The summed E-state index contributed by atoms with van der Waals surface area (Å²) in [6.07, 6.45) is 1.77. The Morgan fingerprint density at radius 3 is 2.80 bits per heavy atom. The van der Waals surface area contributed by atoms with Gasteiger partial charge in [-0.1, -0.05) is 28.1 Å². The first-order chi connectivity index (χ1) is 9.62. The molecule has 108 valence electrons. The first-order valence-corrected chi connectivity index (χ1v) is 7.65. The van der Waals surface area contributed by atoms with Crippen LogP contribution in [-0.4, -0.2) is 15.8 Å². The van der Waals surface area contributed by atoms with E-state index in [1.54, 1.807) is 0 Å². The average molecular weight is 337 g/mol. The van der Waals surface area contributed by atoms with Crippen molar-refractivity contribution < 1.29 is 0 Å². The van der Waals surface area contributed by atoms with Gasteiger partial charge in [0, 0.05) is 29.2 Å². The Labute approximate surface area is 128 Å². The maximum atomic E-state index is 5.71. The summed E-state index contributed by atoms with van der Waals surface area (Å²) in [5.41, 5.74) is 6.47. The van der Waals surface area contributed by atoms with E-state index in [9.17, 15) is 0 Å². The van der Waals surface area contributed by atoms with Gasteiger partial charge in [0.2, 0.25) is 0 Å². The van der Waals surface area contributed by atoms with Crippen LogP contribution in [0.4, 0.5) is 0 Å². The lowest BCUT2D eigenvalue weighted by molar-refractivity contribution is 0.496. The SMILES string of the molecule is CCn1nc(C)cc1CC(Cc1cccc(Br)c1)NN. The summed E-state index contributed by atoms with van der Waals surface area (Å²) < 4.78 is 3.14. The molecule has 0 spiro atoms. The summed E-state index contributed by atoms with van der Waals surface area (Å²) in [7, 11) is 0. The molecule has 2 rings (SSSR count). The van der Waals surface area contributed by atoms with Crippen molar-refractivity contribution >= 4 is 15.9 Å². The third-order valence-corrected chi connectivity index (χ3v) is 3.84. The largest absolute Gasteiger partial charge is 0.271 e. The molecule has 4 nitrogen and oxygen atoms in total. The number of halogens is 1. The molecule has 0 fully saturated rings. The molecule has 0 saturated heterocycles. The second-order valence-electron chi connectivity index (χ2n) is 4.99.